The molecule has 1 aliphatic heterocycles. The van der Waals surface area contributed by atoms with Crippen LogP contribution in [0.1, 0.15) is 17.5 Å². The molecule has 0 bridgehead atoms. The first-order chi connectivity index (χ1) is 15.4. The molecule has 3 N–H and O–H groups in total. The Balaban J connectivity index is 1.53. The van der Waals surface area contributed by atoms with Crippen molar-refractivity contribution in [3.05, 3.63) is 65.7 Å². The van der Waals surface area contributed by atoms with Crippen molar-refractivity contribution in [3.8, 4) is 5.75 Å². The average Bonchev–Trinajstić information content (AvgIpc) is 3.13. The van der Waals surface area contributed by atoms with Gasteiger partial charge in [-0.05, 0) is 35.4 Å². The van der Waals surface area contributed by atoms with E-state index in [0.29, 0.717) is 0 Å². The van der Waals surface area contributed by atoms with E-state index in [-0.39, 0.29) is 23.9 Å². The molecule has 166 valence electrons. The molecule has 2 atom stereocenters. The lowest BCUT2D eigenvalue weighted by Gasteiger charge is -2.15. The van der Waals surface area contributed by atoms with E-state index in [4.69, 9.17) is 4.74 Å². The van der Waals surface area contributed by atoms with E-state index in [9.17, 15) is 19.5 Å². The van der Waals surface area contributed by atoms with Crippen LogP contribution in [0.4, 0.5) is 0 Å². The Kier molecular flexibility index (Phi) is 7.98. The van der Waals surface area contributed by atoms with Crippen LogP contribution in [0.15, 0.2) is 64.8 Å². The molecule has 2 aromatic rings. The molecule has 2 amide bonds. The number of carbonyl (C=O) groups excluding carboxylic acids is 2. The van der Waals surface area contributed by atoms with Gasteiger partial charge in [-0.25, -0.2) is 4.79 Å². The summed E-state index contributed by atoms with van der Waals surface area (Å²) < 4.78 is 5.09. The Labute approximate surface area is 189 Å². The lowest BCUT2D eigenvalue weighted by atomic mass is 10.1. The van der Waals surface area contributed by atoms with Crippen molar-refractivity contribution in [2.24, 2.45) is 10.2 Å². The number of amides is 2. The lowest BCUT2D eigenvalue weighted by molar-refractivity contribution is -0.141. The summed E-state index contributed by atoms with van der Waals surface area (Å²) in [6.07, 6.45) is 1.51. The zero-order valence-corrected chi connectivity index (χ0v) is 18.0. The van der Waals surface area contributed by atoms with Crippen molar-refractivity contribution in [1.82, 2.24) is 10.6 Å². The van der Waals surface area contributed by atoms with Crippen LogP contribution in [0.2, 0.25) is 0 Å². The van der Waals surface area contributed by atoms with Gasteiger partial charge in [0.05, 0.1) is 13.3 Å². The predicted octanol–water partition coefficient (Wildman–Crippen LogP) is 1.82. The number of methoxy groups -OCH3 is 1. The highest BCUT2D eigenvalue weighted by Crippen LogP contribution is 2.22. The van der Waals surface area contributed by atoms with Gasteiger partial charge >= 0.3 is 5.97 Å². The fourth-order valence-electron chi connectivity index (χ4n) is 2.90. The molecule has 10 heteroatoms. The number of aliphatic carboxylic acids is 1. The third-order valence-corrected chi connectivity index (χ3v) is 5.61. The molecule has 0 aliphatic carbocycles. The lowest BCUT2D eigenvalue weighted by Crippen LogP contribution is -2.43. The van der Waals surface area contributed by atoms with Crippen molar-refractivity contribution in [3.63, 3.8) is 0 Å². The number of ether oxygens (including phenoxy) is 1. The maximum Gasteiger partial charge on any atom is 0.326 e. The quantitative estimate of drug-likeness (QED) is 0.392. The van der Waals surface area contributed by atoms with Gasteiger partial charge in [-0.3, -0.25) is 9.59 Å². The highest BCUT2D eigenvalue weighted by Gasteiger charge is 2.33. The van der Waals surface area contributed by atoms with Crippen molar-refractivity contribution in [2.45, 2.75) is 24.1 Å². The zero-order valence-electron chi connectivity index (χ0n) is 17.2. The second-order valence-corrected chi connectivity index (χ2v) is 8.06. The number of carboxylic acid groups (broad SMARTS) is 1. The van der Waals surface area contributed by atoms with E-state index in [2.05, 4.69) is 20.8 Å². The van der Waals surface area contributed by atoms with Gasteiger partial charge in [-0.15, -0.1) is 5.10 Å². The van der Waals surface area contributed by atoms with Crippen LogP contribution in [0.25, 0.3) is 0 Å². The van der Waals surface area contributed by atoms with Crippen LogP contribution in [0.3, 0.4) is 0 Å². The standard InChI is InChI=1S/C22H22N4O5S/c1-31-16-9-7-15(8-10-16)13-23-26-22-25-20(28)18(32-22)12-19(27)24-17(21(29)30)11-14-5-3-2-4-6-14/h2-10,13,17-18H,11-12H2,1H3,(H,24,27)(H,29,30)(H,25,26,28). The van der Waals surface area contributed by atoms with E-state index < -0.39 is 23.2 Å². The topological polar surface area (TPSA) is 129 Å². The highest BCUT2D eigenvalue weighted by atomic mass is 32.2. The number of nitrogens with zero attached hydrogens (tertiary/aromatic N) is 2. The number of carbonyl (C=O) groups is 3. The molecule has 0 aromatic heterocycles. The van der Waals surface area contributed by atoms with Crippen molar-refractivity contribution < 1.29 is 24.2 Å². The van der Waals surface area contributed by atoms with Gasteiger partial charge in [0.2, 0.25) is 11.8 Å². The van der Waals surface area contributed by atoms with Crippen molar-refractivity contribution >= 4 is 40.9 Å². The third kappa shape index (κ3) is 6.67. The van der Waals surface area contributed by atoms with E-state index in [1.807, 2.05) is 18.2 Å². The Hall–Kier alpha value is -3.66. The first-order valence-corrected chi connectivity index (χ1v) is 10.6. The van der Waals surface area contributed by atoms with Gasteiger partial charge in [-0.1, -0.05) is 42.1 Å². The van der Waals surface area contributed by atoms with Crippen molar-refractivity contribution in [1.29, 1.82) is 0 Å². The number of rotatable bonds is 9. The molecule has 0 spiro atoms. The number of carboxylic acids is 1. The van der Waals surface area contributed by atoms with Gasteiger partial charge in [-0.2, -0.15) is 5.10 Å². The summed E-state index contributed by atoms with van der Waals surface area (Å²) in [5, 5.41) is 22.0. The van der Waals surface area contributed by atoms with E-state index in [0.717, 1.165) is 28.6 Å². The fourth-order valence-corrected chi connectivity index (χ4v) is 3.82. The number of hydrogen-bond donors (Lipinski definition) is 3. The largest absolute Gasteiger partial charge is 0.497 e. The highest BCUT2D eigenvalue weighted by molar-refractivity contribution is 8.15. The minimum atomic E-state index is -1.14. The molecule has 32 heavy (non-hydrogen) atoms. The number of benzene rings is 2. The van der Waals surface area contributed by atoms with Crippen LogP contribution in [0, 0.1) is 0 Å². The molecule has 1 fully saturated rings. The van der Waals surface area contributed by atoms with Gasteiger partial charge in [0.1, 0.15) is 17.0 Å². The molecule has 9 nitrogen and oxygen atoms in total. The summed E-state index contributed by atoms with van der Waals surface area (Å²) in [6.45, 7) is 0. The summed E-state index contributed by atoms with van der Waals surface area (Å²) >= 11 is 1.08. The SMILES string of the molecule is COc1ccc(C=NN=C2NC(=O)C(CC(=O)NC(Cc3ccccc3)C(=O)O)S2)cc1. The summed E-state index contributed by atoms with van der Waals surface area (Å²) in [5.74, 6) is -1.31. The molecule has 2 unspecified atom stereocenters. The molecular formula is C22H22N4O5S. The number of thioether (sulfide) groups is 1. The van der Waals surface area contributed by atoms with E-state index in [1.54, 1.807) is 43.5 Å². The van der Waals surface area contributed by atoms with E-state index >= 15 is 0 Å². The zero-order chi connectivity index (χ0) is 22.9. The van der Waals surface area contributed by atoms with Crippen LogP contribution in [0.5, 0.6) is 5.75 Å². The summed E-state index contributed by atoms with van der Waals surface area (Å²) in [5.41, 5.74) is 1.59. The molecule has 2 aromatic carbocycles. The number of hydrogen-bond acceptors (Lipinski definition) is 7. The molecular weight excluding hydrogens is 432 g/mol. The maximum atomic E-state index is 12.4. The molecule has 1 saturated heterocycles. The first kappa shape index (κ1) is 23.0. The predicted molar refractivity (Wildman–Crippen MR) is 122 cm³/mol. The minimum absolute atomic E-state index is 0.151. The Morgan fingerprint density at radius 3 is 2.59 bits per heavy atom. The summed E-state index contributed by atoms with van der Waals surface area (Å²) in [6, 6.07) is 15.1. The van der Waals surface area contributed by atoms with Crippen LogP contribution >= 0.6 is 11.8 Å². The summed E-state index contributed by atoms with van der Waals surface area (Å²) in [7, 11) is 1.58. The van der Waals surface area contributed by atoms with Crippen molar-refractivity contribution in [2.75, 3.05) is 7.11 Å². The third-order valence-electron chi connectivity index (χ3n) is 4.53. The molecule has 3 rings (SSSR count). The molecule has 0 saturated carbocycles. The second-order valence-electron chi connectivity index (χ2n) is 6.87. The van der Waals surface area contributed by atoms with Gasteiger partial charge < -0.3 is 20.5 Å². The van der Waals surface area contributed by atoms with Gasteiger partial charge in [0.15, 0.2) is 5.17 Å². The Morgan fingerprint density at radius 1 is 1.22 bits per heavy atom. The average molecular weight is 455 g/mol. The van der Waals surface area contributed by atoms with Gasteiger partial charge in [0.25, 0.3) is 0 Å². The summed E-state index contributed by atoms with van der Waals surface area (Å²) in [4.78, 5) is 36.0. The Bertz CT molecular complexity index is 1020. The van der Waals surface area contributed by atoms with E-state index in [1.165, 1.54) is 6.21 Å². The first-order valence-electron chi connectivity index (χ1n) is 9.73. The monoisotopic (exact) mass is 454 g/mol. The second kappa shape index (κ2) is 11.1. The minimum Gasteiger partial charge on any atom is -0.497 e. The van der Waals surface area contributed by atoms with Gasteiger partial charge in [0, 0.05) is 12.8 Å². The Morgan fingerprint density at radius 2 is 1.94 bits per heavy atom. The maximum absolute atomic E-state index is 12.4. The van der Waals surface area contributed by atoms with Crippen LogP contribution in [-0.2, 0) is 20.8 Å². The molecule has 0 radical (unpaired) electrons. The fraction of sp³-hybridized carbons (Fsp3) is 0.227. The smallest absolute Gasteiger partial charge is 0.326 e. The molecule has 1 aliphatic rings. The number of nitrogens with one attached hydrogen (secondary N) is 2. The number of amidine groups is 1. The van der Waals surface area contributed by atoms with Crippen LogP contribution in [-0.4, -0.2) is 52.7 Å². The normalized spacial score (nSPS) is 17.8. The molecule has 1 heterocycles. The van der Waals surface area contributed by atoms with Crippen LogP contribution < -0.4 is 15.4 Å².